The Morgan fingerprint density at radius 3 is 2.40 bits per heavy atom. The first kappa shape index (κ1) is 14.3. The van der Waals surface area contributed by atoms with Gasteiger partial charge in [-0.3, -0.25) is 0 Å². The highest BCUT2D eigenvalue weighted by atomic mass is 32.2. The van der Waals surface area contributed by atoms with Gasteiger partial charge in [-0.2, -0.15) is 0 Å². The Labute approximate surface area is 121 Å². The molecule has 0 aliphatic carbocycles. The Hall–Kier alpha value is -2.14. The van der Waals surface area contributed by atoms with Crippen LogP contribution in [0.3, 0.4) is 0 Å². The number of aromatic hydroxyl groups is 1. The standard InChI is InChI=1S/C15H15NO3S/c1-10(19-15(16)18)20-14-9-5-3-7-12(14)11-6-2-4-8-13(11)17/h2-10,17H,1H3,(H2,16,18). The van der Waals surface area contributed by atoms with E-state index in [4.69, 9.17) is 10.5 Å². The van der Waals surface area contributed by atoms with Crippen LogP contribution >= 0.6 is 11.8 Å². The van der Waals surface area contributed by atoms with Crippen molar-refractivity contribution in [3.05, 3.63) is 48.5 Å². The van der Waals surface area contributed by atoms with E-state index in [9.17, 15) is 9.90 Å². The topological polar surface area (TPSA) is 72.5 Å². The summed E-state index contributed by atoms with van der Waals surface area (Å²) in [5.41, 5.74) is 6.23. The van der Waals surface area contributed by atoms with E-state index in [-0.39, 0.29) is 5.75 Å². The van der Waals surface area contributed by atoms with Gasteiger partial charge >= 0.3 is 6.09 Å². The maximum Gasteiger partial charge on any atom is 0.405 e. The number of benzene rings is 2. The second kappa shape index (κ2) is 6.34. The average molecular weight is 289 g/mol. The fourth-order valence-corrected chi connectivity index (χ4v) is 2.82. The molecule has 0 aliphatic rings. The number of amides is 1. The van der Waals surface area contributed by atoms with Crippen molar-refractivity contribution < 1.29 is 14.6 Å². The molecule has 0 heterocycles. The molecule has 1 unspecified atom stereocenters. The van der Waals surface area contributed by atoms with Crippen LogP contribution in [0.25, 0.3) is 11.1 Å². The molecule has 0 saturated carbocycles. The predicted molar refractivity (Wildman–Crippen MR) is 79.5 cm³/mol. The summed E-state index contributed by atoms with van der Waals surface area (Å²) in [7, 11) is 0. The number of phenols is 1. The maximum absolute atomic E-state index is 10.8. The lowest BCUT2D eigenvalue weighted by Gasteiger charge is -2.14. The molecule has 0 radical (unpaired) electrons. The van der Waals surface area contributed by atoms with Gasteiger partial charge < -0.3 is 15.6 Å². The summed E-state index contributed by atoms with van der Waals surface area (Å²) in [4.78, 5) is 11.7. The minimum Gasteiger partial charge on any atom is -0.507 e. The summed E-state index contributed by atoms with van der Waals surface area (Å²) in [6, 6.07) is 14.7. The van der Waals surface area contributed by atoms with E-state index in [2.05, 4.69) is 0 Å². The molecule has 5 heteroatoms. The van der Waals surface area contributed by atoms with Crippen LogP contribution in [-0.2, 0) is 4.74 Å². The number of hydrogen-bond donors (Lipinski definition) is 2. The quantitative estimate of drug-likeness (QED) is 0.666. The van der Waals surface area contributed by atoms with Crippen LogP contribution in [0, 0.1) is 0 Å². The molecule has 0 saturated heterocycles. The Morgan fingerprint density at radius 1 is 1.15 bits per heavy atom. The van der Waals surface area contributed by atoms with Gasteiger partial charge in [0.25, 0.3) is 0 Å². The third kappa shape index (κ3) is 3.45. The molecule has 2 rings (SSSR count). The molecule has 104 valence electrons. The van der Waals surface area contributed by atoms with Gasteiger partial charge in [-0.25, -0.2) is 4.79 Å². The van der Waals surface area contributed by atoms with Crippen LogP contribution in [0.15, 0.2) is 53.4 Å². The minimum atomic E-state index is -0.801. The molecule has 0 spiro atoms. The highest BCUT2D eigenvalue weighted by molar-refractivity contribution is 7.99. The number of primary amides is 1. The van der Waals surface area contributed by atoms with Gasteiger partial charge in [0, 0.05) is 10.5 Å². The van der Waals surface area contributed by atoms with Gasteiger partial charge in [-0.15, -0.1) is 0 Å². The van der Waals surface area contributed by atoms with Crippen molar-refractivity contribution >= 4 is 17.9 Å². The SMILES string of the molecule is CC(OC(N)=O)Sc1ccccc1-c1ccccc1O. The lowest BCUT2D eigenvalue weighted by Crippen LogP contribution is -2.17. The van der Waals surface area contributed by atoms with E-state index in [0.29, 0.717) is 0 Å². The highest BCUT2D eigenvalue weighted by Crippen LogP contribution is 2.37. The van der Waals surface area contributed by atoms with E-state index < -0.39 is 11.5 Å². The summed E-state index contributed by atoms with van der Waals surface area (Å²) in [6.07, 6.45) is -0.801. The van der Waals surface area contributed by atoms with Crippen molar-refractivity contribution in [2.24, 2.45) is 5.73 Å². The molecule has 1 atom stereocenters. The average Bonchev–Trinajstić information content (AvgIpc) is 2.39. The van der Waals surface area contributed by atoms with Crippen LogP contribution in [0.5, 0.6) is 5.75 Å². The smallest absolute Gasteiger partial charge is 0.405 e. The first-order valence-electron chi connectivity index (χ1n) is 6.08. The second-order valence-corrected chi connectivity index (χ2v) is 5.48. The molecule has 1 amide bonds. The number of carbonyl (C=O) groups is 1. The van der Waals surface area contributed by atoms with Crippen LogP contribution in [0.2, 0.25) is 0 Å². The zero-order chi connectivity index (χ0) is 14.5. The highest BCUT2D eigenvalue weighted by Gasteiger charge is 2.13. The molecular weight excluding hydrogens is 274 g/mol. The number of phenolic OH excluding ortho intramolecular Hbond substituents is 1. The number of nitrogens with two attached hydrogens (primary N) is 1. The van der Waals surface area contributed by atoms with Gasteiger partial charge in [-0.1, -0.05) is 48.2 Å². The number of carbonyl (C=O) groups excluding carboxylic acids is 1. The Morgan fingerprint density at radius 2 is 1.75 bits per heavy atom. The van der Waals surface area contributed by atoms with Gasteiger partial charge in [0.2, 0.25) is 0 Å². The first-order chi connectivity index (χ1) is 9.58. The maximum atomic E-state index is 10.8. The summed E-state index contributed by atoms with van der Waals surface area (Å²) in [6.45, 7) is 1.75. The van der Waals surface area contributed by atoms with Crippen molar-refractivity contribution in [3.8, 4) is 16.9 Å². The molecule has 2 aromatic rings. The van der Waals surface area contributed by atoms with Crippen LogP contribution in [-0.4, -0.2) is 16.6 Å². The van der Waals surface area contributed by atoms with Gasteiger partial charge in [0.15, 0.2) is 5.44 Å². The second-order valence-electron chi connectivity index (χ2n) is 4.14. The normalized spacial score (nSPS) is 11.8. The Kier molecular flexibility index (Phi) is 4.53. The molecule has 0 bridgehead atoms. The fraction of sp³-hybridized carbons (Fsp3) is 0.133. The molecule has 0 aliphatic heterocycles. The molecule has 2 aromatic carbocycles. The zero-order valence-electron chi connectivity index (χ0n) is 10.9. The zero-order valence-corrected chi connectivity index (χ0v) is 11.8. The summed E-state index contributed by atoms with van der Waals surface area (Å²) >= 11 is 1.37. The van der Waals surface area contributed by atoms with E-state index in [0.717, 1.165) is 16.0 Å². The Balaban J connectivity index is 2.32. The van der Waals surface area contributed by atoms with Gasteiger partial charge in [0.1, 0.15) is 5.75 Å². The molecule has 0 aromatic heterocycles. The molecule has 4 nitrogen and oxygen atoms in total. The molecular formula is C15H15NO3S. The number of hydrogen-bond acceptors (Lipinski definition) is 4. The van der Waals surface area contributed by atoms with Crippen molar-refractivity contribution in [1.29, 1.82) is 0 Å². The number of rotatable bonds is 4. The summed E-state index contributed by atoms with van der Waals surface area (Å²) < 4.78 is 4.91. The van der Waals surface area contributed by atoms with Crippen LogP contribution < -0.4 is 5.73 Å². The van der Waals surface area contributed by atoms with Crippen molar-refractivity contribution in [1.82, 2.24) is 0 Å². The lowest BCUT2D eigenvalue weighted by molar-refractivity contribution is 0.152. The summed E-state index contributed by atoms with van der Waals surface area (Å²) in [5, 5.41) is 9.95. The number of thioether (sulfide) groups is 1. The van der Waals surface area contributed by atoms with Gasteiger partial charge in [0.05, 0.1) is 0 Å². The number of para-hydroxylation sites is 1. The van der Waals surface area contributed by atoms with E-state index in [1.54, 1.807) is 19.1 Å². The van der Waals surface area contributed by atoms with Crippen LogP contribution in [0.4, 0.5) is 4.79 Å². The lowest BCUT2D eigenvalue weighted by atomic mass is 10.0. The number of ether oxygens (including phenoxy) is 1. The predicted octanol–water partition coefficient (Wildman–Crippen LogP) is 3.59. The minimum absolute atomic E-state index is 0.212. The van der Waals surface area contributed by atoms with Crippen LogP contribution in [0.1, 0.15) is 6.92 Å². The Bertz CT molecular complexity index is 616. The van der Waals surface area contributed by atoms with Gasteiger partial charge in [-0.05, 0) is 24.6 Å². The fourth-order valence-electron chi connectivity index (χ4n) is 1.86. The van der Waals surface area contributed by atoms with E-state index in [1.807, 2.05) is 36.4 Å². The van der Waals surface area contributed by atoms with Crippen molar-refractivity contribution in [2.75, 3.05) is 0 Å². The first-order valence-corrected chi connectivity index (χ1v) is 6.96. The van der Waals surface area contributed by atoms with E-state index in [1.165, 1.54) is 11.8 Å². The third-order valence-corrected chi connectivity index (χ3v) is 3.69. The summed E-state index contributed by atoms with van der Waals surface area (Å²) in [5.74, 6) is 0.212. The molecule has 3 N–H and O–H groups in total. The van der Waals surface area contributed by atoms with Crippen molar-refractivity contribution in [3.63, 3.8) is 0 Å². The molecule has 20 heavy (non-hydrogen) atoms. The third-order valence-electron chi connectivity index (χ3n) is 2.66. The van der Waals surface area contributed by atoms with Crippen molar-refractivity contribution in [2.45, 2.75) is 17.3 Å². The largest absolute Gasteiger partial charge is 0.507 e. The monoisotopic (exact) mass is 289 g/mol. The molecule has 0 fully saturated rings. The van der Waals surface area contributed by atoms with E-state index >= 15 is 0 Å².